The number of nitrogens with zero attached hydrogens (tertiary/aromatic N) is 4. The van der Waals surface area contributed by atoms with E-state index in [1.165, 1.54) is 4.90 Å². The number of aromatic nitrogens is 2. The van der Waals surface area contributed by atoms with Crippen molar-refractivity contribution in [3.05, 3.63) is 59.5 Å². The van der Waals surface area contributed by atoms with Crippen LogP contribution in [-0.2, 0) is 15.9 Å². The summed E-state index contributed by atoms with van der Waals surface area (Å²) >= 11 is 0. The maximum absolute atomic E-state index is 15.0. The number of carbonyl (C=O) groups excluding carboxylic acids is 2. The predicted molar refractivity (Wildman–Crippen MR) is 154 cm³/mol. The Morgan fingerprint density at radius 3 is 2.49 bits per heavy atom. The molecule has 11 heteroatoms. The Morgan fingerprint density at radius 2 is 1.80 bits per heavy atom. The lowest BCUT2D eigenvalue weighted by Crippen LogP contribution is -2.49. The van der Waals surface area contributed by atoms with Gasteiger partial charge in [0.1, 0.15) is 17.0 Å². The first-order valence-electron chi connectivity index (χ1n) is 13.6. The van der Waals surface area contributed by atoms with Crippen molar-refractivity contribution in [1.82, 2.24) is 20.2 Å². The number of nitrogen functional groups attached to an aromatic ring is 1. The zero-order valence-electron chi connectivity index (χ0n) is 23.7. The third-order valence-electron chi connectivity index (χ3n) is 7.02. The highest BCUT2D eigenvalue weighted by Crippen LogP contribution is 2.31. The molecule has 3 aromatic rings. The molecule has 1 saturated heterocycles. The van der Waals surface area contributed by atoms with Crippen molar-refractivity contribution in [1.29, 1.82) is 0 Å². The zero-order valence-corrected chi connectivity index (χ0v) is 23.7. The van der Waals surface area contributed by atoms with Gasteiger partial charge in [0.2, 0.25) is 5.95 Å². The standard InChI is InChI=1S/C30H35FN6O4/c1-30(2,3)41-29(39)36(4)17-21-16-20-15-19(7-10-23(20)28(38)33-21)25-27(32)35-26(31)24(34-25)18-5-8-22(9-6-18)37-11-13-40-14-12-37/h5-10,15,21H,11-14,16-17H2,1-4H3,(H2,32,35)(H,33,38). The molecule has 0 radical (unpaired) electrons. The van der Waals surface area contributed by atoms with Crippen molar-refractivity contribution in [2.45, 2.75) is 38.8 Å². The van der Waals surface area contributed by atoms with Crippen molar-refractivity contribution in [2.24, 2.45) is 0 Å². The van der Waals surface area contributed by atoms with Crippen molar-refractivity contribution in [2.75, 3.05) is 50.5 Å². The molecule has 0 aliphatic carbocycles. The highest BCUT2D eigenvalue weighted by molar-refractivity contribution is 5.97. The molecule has 1 unspecified atom stereocenters. The maximum Gasteiger partial charge on any atom is 0.410 e. The molecule has 216 valence electrons. The van der Waals surface area contributed by atoms with Gasteiger partial charge in [-0.15, -0.1) is 0 Å². The fraction of sp³-hybridized carbons (Fsp3) is 0.400. The number of anilines is 2. The number of morpholine rings is 1. The summed E-state index contributed by atoms with van der Waals surface area (Å²) in [6.07, 6.45) is 0.0121. The van der Waals surface area contributed by atoms with Gasteiger partial charge in [-0.05, 0) is 57.0 Å². The van der Waals surface area contributed by atoms with E-state index in [-0.39, 0.29) is 30.0 Å². The van der Waals surface area contributed by atoms with Crippen LogP contribution in [0.4, 0.5) is 20.7 Å². The second-order valence-corrected chi connectivity index (χ2v) is 11.4. The molecule has 2 aromatic carbocycles. The quantitative estimate of drug-likeness (QED) is 0.480. The highest BCUT2D eigenvalue weighted by atomic mass is 19.1. The van der Waals surface area contributed by atoms with Crippen LogP contribution in [0.2, 0.25) is 0 Å². The molecule has 1 fully saturated rings. The highest BCUT2D eigenvalue weighted by Gasteiger charge is 2.28. The summed E-state index contributed by atoms with van der Waals surface area (Å²) < 4.78 is 25.8. The molecule has 5 rings (SSSR count). The molecule has 0 spiro atoms. The Labute approximate surface area is 238 Å². The monoisotopic (exact) mass is 562 g/mol. The van der Waals surface area contributed by atoms with Gasteiger partial charge in [-0.3, -0.25) is 4.79 Å². The first-order chi connectivity index (χ1) is 19.5. The number of benzene rings is 2. The van der Waals surface area contributed by atoms with Crippen LogP contribution in [0.15, 0.2) is 42.5 Å². The van der Waals surface area contributed by atoms with E-state index < -0.39 is 17.6 Å². The summed E-state index contributed by atoms with van der Waals surface area (Å²) in [5, 5.41) is 2.96. The molecule has 0 bridgehead atoms. The fourth-order valence-corrected chi connectivity index (χ4v) is 5.04. The van der Waals surface area contributed by atoms with E-state index in [0.29, 0.717) is 42.0 Å². The maximum atomic E-state index is 15.0. The van der Waals surface area contributed by atoms with E-state index in [9.17, 15) is 14.0 Å². The normalized spacial score (nSPS) is 17.0. The minimum absolute atomic E-state index is 0.0439. The van der Waals surface area contributed by atoms with E-state index in [4.69, 9.17) is 15.2 Å². The molecule has 10 nitrogen and oxygen atoms in total. The number of nitrogens with two attached hydrogens (primary N) is 1. The molecule has 3 heterocycles. The number of halogens is 1. The van der Waals surface area contributed by atoms with Crippen molar-refractivity contribution in [3.63, 3.8) is 0 Å². The van der Waals surface area contributed by atoms with Crippen molar-refractivity contribution >= 4 is 23.5 Å². The van der Waals surface area contributed by atoms with Crippen LogP contribution in [0.25, 0.3) is 22.5 Å². The number of hydrogen-bond acceptors (Lipinski definition) is 8. The number of fused-ring (bicyclic) bond motifs is 1. The molecule has 2 aliphatic heterocycles. The average molecular weight is 563 g/mol. The summed E-state index contributed by atoms with van der Waals surface area (Å²) in [7, 11) is 1.63. The smallest absolute Gasteiger partial charge is 0.410 e. The van der Waals surface area contributed by atoms with E-state index in [1.807, 2.05) is 30.3 Å². The lowest BCUT2D eigenvalue weighted by Gasteiger charge is -2.31. The molecule has 1 atom stereocenters. The summed E-state index contributed by atoms with van der Waals surface area (Å²) in [5.74, 6) is -1.04. The molecule has 41 heavy (non-hydrogen) atoms. The number of nitrogens with one attached hydrogen (secondary N) is 1. The van der Waals surface area contributed by atoms with Gasteiger partial charge >= 0.3 is 6.09 Å². The Morgan fingerprint density at radius 1 is 1.12 bits per heavy atom. The predicted octanol–water partition coefficient (Wildman–Crippen LogP) is 3.89. The number of likely N-dealkylation sites (N-methyl/N-ethyl adjacent to an activating group) is 1. The van der Waals surface area contributed by atoms with Gasteiger partial charge in [0.15, 0.2) is 5.82 Å². The molecular formula is C30H35FN6O4. The summed E-state index contributed by atoms with van der Waals surface area (Å²) in [4.78, 5) is 37.5. The molecule has 0 saturated carbocycles. The topological polar surface area (TPSA) is 123 Å². The van der Waals surface area contributed by atoms with Gasteiger partial charge in [0, 0.05) is 49.1 Å². The second-order valence-electron chi connectivity index (χ2n) is 11.4. The van der Waals surface area contributed by atoms with E-state index in [0.717, 1.165) is 24.3 Å². The van der Waals surface area contributed by atoms with E-state index >= 15 is 0 Å². The number of hydrogen-bond donors (Lipinski definition) is 2. The van der Waals surface area contributed by atoms with Crippen LogP contribution >= 0.6 is 0 Å². The lowest BCUT2D eigenvalue weighted by atomic mass is 9.92. The third kappa shape index (κ3) is 6.40. The van der Waals surface area contributed by atoms with Gasteiger partial charge in [-0.2, -0.15) is 9.37 Å². The number of ether oxygens (including phenoxy) is 2. The summed E-state index contributed by atoms with van der Waals surface area (Å²) in [6.45, 7) is 8.62. The summed E-state index contributed by atoms with van der Waals surface area (Å²) in [6, 6.07) is 12.5. The van der Waals surface area contributed by atoms with Crippen LogP contribution < -0.4 is 16.0 Å². The largest absolute Gasteiger partial charge is 0.444 e. The van der Waals surface area contributed by atoms with Gasteiger partial charge in [-0.25, -0.2) is 9.78 Å². The van der Waals surface area contributed by atoms with Crippen LogP contribution in [0.5, 0.6) is 0 Å². The molecular weight excluding hydrogens is 527 g/mol. The Balaban J connectivity index is 1.38. The molecule has 2 aliphatic rings. The van der Waals surface area contributed by atoms with Crippen LogP contribution in [0.1, 0.15) is 36.7 Å². The molecule has 1 aromatic heterocycles. The lowest BCUT2D eigenvalue weighted by molar-refractivity contribution is 0.0279. The van der Waals surface area contributed by atoms with Gasteiger partial charge in [0.25, 0.3) is 5.91 Å². The van der Waals surface area contributed by atoms with Crippen LogP contribution in [0, 0.1) is 5.95 Å². The zero-order chi connectivity index (χ0) is 29.3. The SMILES string of the molecule is CN(CC1Cc2cc(-c3nc(-c4ccc(N5CCOCC5)cc4)c(F)nc3N)ccc2C(=O)N1)C(=O)OC(C)(C)C. The first-order valence-corrected chi connectivity index (χ1v) is 13.6. The van der Waals surface area contributed by atoms with Gasteiger partial charge in [0.05, 0.1) is 19.3 Å². The van der Waals surface area contributed by atoms with Gasteiger partial charge in [-0.1, -0.05) is 18.2 Å². The van der Waals surface area contributed by atoms with E-state index in [1.54, 1.807) is 40.0 Å². The number of carbonyl (C=O) groups is 2. The van der Waals surface area contributed by atoms with Crippen LogP contribution in [-0.4, -0.2) is 78.4 Å². The Hall–Kier alpha value is -4.25. The first kappa shape index (κ1) is 28.3. The second kappa shape index (κ2) is 11.3. The van der Waals surface area contributed by atoms with Crippen molar-refractivity contribution in [3.8, 4) is 22.5 Å². The van der Waals surface area contributed by atoms with Crippen LogP contribution in [0.3, 0.4) is 0 Å². The number of rotatable bonds is 5. The minimum atomic E-state index is -0.757. The Kier molecular flexibility index (Phi) is 7.81. The third-order valence-corrected chi connectivity index (χ3v) is 7.02. The van der Waals surface area contributed by atoms with Gasteiger partial charge < -0.3 is 30.3 Å². The Bertz CT molecular complexity index is 1450. The summed E-state index contributed by atoms with van der Waals surface area (Å²) in [5.41, 5.74) is 9.46. The average Bonchev–Trinajstić information content (AvgIpc) is 2.92. The van der Waals surface area contributed by atoms with E-state index in [2.05, 4.69) is 20.2 Å². The fourth-order valence-electron chi connectivity index (χ4n) is 5.04. The van der Waals surface area contributed by atoms with Crippen molar-refractivity contribution < 1.29 is 23.5 Å². The molecule has 2 amide bonds. The molecule has 3 N–H and O–H groups in total. The minimum Gasteiger partial charge on any atom is -0.444 e. The number of amides is 2.